The number of benzene rings is 1. The highest BCUT2D eigenvalue weighted by Gasteiger charge is 2.41. The number of hydrogen-bond donors (Lipinski definition) is 1. The molecule has 21 heavy (non-hydrogen) atoms. The summed E-state index contributed by atoms with van der Waals surface area (Å²) in [5.74, 6) is 0.848. The molecular weight excluding hydrogens is 268 g/mol. The molecule has 0 saturated carbocycles. The fraction of sp³-hybridized carbons (Fsp3) is 0.562. The lowest BCUT2D eigenvalue weighted by atomic mass is 9.93. The SMILES string of the molecule is C[C@H](N)C(=O)N1Cc2ccccc2OC2(CCOCC2)C1. The van der Waals surface area contributed by atoms with E-state index in [1.165, 1.54) is 0 Å². The number of nitrogens with two attached hydrogens (primary N) is 1. The van der Waals surface area contributed by atoms with E-state index in [2.05, 4.69) is 0 Å². The summed E-state index contributed by atoms with van der Waals surface area (Å²) in [7, 11) is 0. The Morgan fingerprint density at radius 1 is 1.33 bits per heavy atom. The van der Waals surface area contributed by atoms with E-state index in [9.17, 15) is 4.79 Å². The topological polar surface area (TPSA) is 64.8 Å². The van der Waals surface area contributed by atoms with Crippen LogP contribution >= 0.6 is 0 Å². The van der Waals surface area contributed by atoms with Gasteiger partial charge in [0.05, 0.1) is 25.8 Å². The summed E-state index contributed by atoms with van der Waals surface area (Å²) in [5, 5.41) is 0. The first-order valence-corrected chi connectivity index (χ1v) is 7.49. The van der Waals surface area contributed by atoms with Crippen LogP contribution < -0.4 is 10.5 Å². The summed E-state index contributed by atoms with van der Waals surface area (Å²) in [6.45, 7) is 4.20. The first-order chi connectivity index (χ1) is 10.1. The summed E-state index contributed by atoms with van der Waals surface area (Å²) in [6.07, 6.45) is 1.59. The third-order valence-electron chi connectivity index (χ3n) is 4.24. The number of nitrogens with zero attached hydrogens (tertiary/aromatic N) is 1. The Kier molecular flexibility index (Phi) is 3.87. The predicted molar refractivity (Wildman–Crippen MR) is 78.9 cm³/mol. The minimum absolute atomic E-state index is 0.0267. The van der Waals surface area contributed by atoms with Crippen LogP contribution in [0.15, 0.2) is 24.3 Å². The van der Waals surface area contributed by atoms with Gasteiger partial charge >= 0.3 is 0 Å². The van der Waals surface area contributed by atoms with Crippen LogP contribution in [0, 0.1) is 0 Å². The molecule has 2 heterocycles. The maximum Gasteiger partial charge on any atom is 0.239 e. The van der Waals surface area contributed by atoms with Crippen LogP contribution in [-0.4, -0.2) is 42.2 Å². The molecule has 1 fully saturated rings. The first-order valence-electron chi connectivity index (χ1n) is 7.49. The smallest absolute Gasteiger partial charge is 0.239 e. The van der Waals surface area contributed by atoms with Gasteiger partial charge in [-0.25, -0.2) is 0 Å². The monoisotopic (exact) mass is 290 g/mol. The zero-order valence-electron chi connectivity index (χ0n) is 12.4. The van der Waals surface area contributed by atoms with Crippen molar-refractivity contribution in [3.05, 3.63) is 29.8 Å². The Hall–Kier alpha value is -1.59. The van der Waals surface area contributed by atoms with Crippen molar-refractivity contribution in [1.29, 1.82) is 0 Å². The van der Waals surface area contributed by atoms with Crippen molar-refractivity contribution in [2.75, 3.05) is 19.8 Å². The van der Waals surface area contributed by atoms with Crippen molar-refractivity contribution in [1.82, 2.24) is 4.90 Å². The standard InChI is InChI=1S/C16H22N2O3/c1-12(17)15(19)18-10-13-4-2-3-5-14(13)21-16(11-18)6-8-20-9-7-16/h2-5,12H,6-11,17H2,1H3/t12-/m0/s1. The second-order valence-electron chi connectivity index (χ2n) is 5.99. The number of hydrogen-bond acceptors (Lipinski definition) is 4. The highest BCUT2D eigenvalue weighted by molar-refractivity contribution is 5.81. The average molecular weight is 290 g/mol. The number of carbonyl (C=O) groups is 1. The fourth-order valence-corrected chi connectivity index (χ4v) is 3.06. The molecule has 0 aromatic heterocycles. The molecule has 1 spiro atoms. The van der Waals surface area contributed by atoms with Crippen LogP contribution in [0.1, 0.15) is 25.3 Å². The van der Waals surface area contributed by atoms with Gasteiger partial charge in [-0.3, -0.25) is 4.79 Å². The third kappa shape index (κ3) is 2.89. The van der Waals surface area contributed by atoms with Gasteiger partial charge in [0.1, 0.15) is 11.4 Å². The summed E-state index contributed by atoms with van der Waals surface area (Å²) >= 11 is 0. The average Bonchev–Trinajstić information content (AvgIpc) is 2.63. The van der Waals surface area contributed by atoms with Gasteiger partial charge in [0.15, 0.2) is 0 Å². The molecule has 5 nitrogen and oxygen atoms in total. The molecule has 1 amide bonds. The molecule has 1 saturated heterocycles. The molecule has 3 rings (SSSR count). The number of rotatable bonds is 1. The molecule has 2 aliphatic heterocycles. The van der Waals surface area contributed by atoms with Crippen LogP contribution in [-0.2, 0) is 16.1 Å². The highest BCUT2D eigenvalue weighted by atomic mass is 16.5. The van der Waals surface area contributed by atoms with Crippen LogP contribution in [0.3, 0.4) is 0 Å². The van der Waals surface area contributed by atoms with Gasteiger partial charge in [0, 0.05) is 24.9 Å². The lowest BCUT2D eigenvalue weighted by Crippen LogP contribution is -2.53. The molecule has 0 bridgehead atoms. The molecule has 1 aromatic carbocycles. The molecule has 2 N–H and O–H groups in total. The summed E-state index contributed by atoms with van der Waals surface area (Å²) in [5.41, 5.74) is 6.48. The zero-order valence-corrected chi connectivity index (χ0v) is 12.4. The molecule has 2 aliphatic rings. The van der Waals surface area contributed by atoms with E-state index in [-0.39, 0.29) is 11.5 Å². The Morgan fingerprint density at radius 3 is 2.76 bits per heavy atom. The molecule has 1 atom stereocenters. The number of fused-ring (bicyclic) bond motifs is 1. The van der Waals surface area contributed by atoms with E-state index in [1.807, 2.05) is 29.2 Å². The minimum atomic E-state index is -0.493. The molecule has 5 heteroatoms. The summed E-state index contributed by atoms with van der Waals surface area (Å²) < 4.78 is 11.8. The van der Waals surface area contributed by atoms with Crippen molar-refractivity contribution in [2.45, 2.75) is 38.0 Å². The normalized spacial score (nSPS) is 22.1. The first kappa shape index (κ1) is 14.4. The van der Waals surface area contributed by atoms with Gasteiger partial charge < -0.3 is 20.1 Å². The molecule has 114 valence electrons. The Morgan fingerprint density at radius 2 is 2.05 bits per heavy atom. The second-order valence-corrected chi connectivity index (χ2v) is 5.99. The van der Waals surface area contributed by atoms with E-state index in [4.69, 9.17) is 15.2 Å². The quantitative estimate of drug-likeness (QED) is 0.847. The van der Waals surface area contributed by atoms with Gasteiger partial charge in [-0.15, -0.1) is 0 Å². The highest BCUT2D eigenvalue weighted by Crippen LogP contribution is 2.35. The van der Waals surface area contributed by atoms with Crippen molar-refractivity contribution in [3.8, 4) is 5.75 Å². The van der Waals surface area contributed by atoms with E-state index in [0.29, 0.717) is 26.3 Å². The number of ether oxygens (including phenoxy) is 2. The van der Waals surface area contributed by atoms with Gasteiger partial charge in [0.25, 0.3) is 0 Å². The maximum atomic E-state index is 12.4. The van der Waals surface area contributed by atoms with Gasteiger partial charge in [0.2, 0.25) is 5.91 Å². The fourth-order valence-electron chi connectivity index (χ4n) is 3.06. The maximum absolute atomic E-state index is 12.4. The lowest BCUT2D eigenvalue weighted by Gasteiger charge is -2.39. The van der Waals surface area contributed by atoms with Gasteiger partial charge in [-0.05, 0) is 13.0 Å². The molecular formula is C16H22N2O3. The number of amides is 1. The van der Waals surface area contributed by atoms with Crippen molar-refractivity contribution in [3.63, 3.8) is 0 Å². The Balaban J connectivity index is 1.95. The largest absolute Gasteiger partial charge is 0.485 e. The lowest BCUT2D eigenvalue weighted by molar-refractivity contribution is -0.137. The Bertz CT molecular complexity index is 524. The third-order valence-corrected chi connectivity index (χ3v) is 4.24. The minimum Gasteiger partial charge on any atom is -0.485 e. The van der Waals surface area contributed by atoms with Crippen LogP contribution in [0.4, 0.5) is 0 Å². The van der Waals surface area contributed by atoms with Gasteiger partial charge in [-0.2, -0.15) is 0 Å². The van der Waals surface area contributed by atoms with Crippen molar-refractivity contribution < 1.29 is 14.3 Å². The van der Waals surface area contributed by atoms with Crippen molar-refractivity contribution in [2.24, 2.45) is 5.73 Å². The second kappa shape index (κ2) is 5.66. The molecule has 1 aromatic rings. The summed E-state index contributed by atoms with van der Waals surface area (Å²) in [6, 6.07) is 7.43. The van der Waals surface area contributed by atoms with Gasteiger partial charge in [-0.1, -0.05) is 18.2 Å². The Labute approximate surface area is 125 Å². The van der Waals surface area contributed by atoms with E-state index in [0.717, 1.165) is 24.2 Å². The van der Waals surface area contributed by atoms with Crippen LogP contribution in [0.25, 0.3) is 0 Å². The van der Waals surface area contributed by atoms with Crippen LogP contribution in [0.2, 0.25) is 0 Å². The van der Waals surface area contributed by atoms with E-state index in [1.54, 1.807) is 6.92 Å². The summed E-state index contributed by atoms with van der Waals surface area (Å²) in [4.78, 5) is 14.2. The number of carbonyl (C=O) groups excluding carboxylic acids is 1. The zero-order chi connectivity index (χ0) is 14.9. The van der Waals surface area contributed by atoms with E-state index >= 15 is 0 Å². The molecule has 0 unspecified atom stereocenters. The number of para-hydroxylation sites is 1. The van der Waals surface area contributed by atoms with Crippen LogP contribution in [0.5, 0.6) is 5.75 Å². The van der Waals surface area contributed by atoms with E-state index < -0.39 is 6.04 Å². The molecule has 0 radical (unpaired) electrons. The van der Waals surface area contributed by atoms with Crippen molar-refractivity contribution >= 4 is 5.91 Å². The molecule has 0 aliphatic carbocycles. The predicted octanol–water partition coefficient (Wildman–Crippen LogP) is 1.30.